The fourth-order valence-corrected chi connectivity index (χ4v) is 6.76. The molecule has 10 aromatic rings. The van der Waals surface area contributed by atoms with Crippen molar-refractivity contribution in [1.29, 1.82) is 0 Å². The molecule has 4 heterocycles. The molecule has 0 aliphatic heterocycles. The van der Waals surface area contributed by atoms with E-state index in [1.165, 1.54) is 0 Å². The van der Waals surface area contributed by atoms with E-state index < -0.39 is 0 Å². The monoisotopic (exact) mass is 604 g/mol. The Kier molecular flexibility index (Phi) is 5.44. The van der Waals surface area contributed by atoms with E-state index >= 15 is 0 Å². The van der Waals surface area contributed by atoms with Crippen LogP contribution in [0.25, 0.3) is 89.5 Å². The first-order valence-electron chi connectivity index (χ1n) is 15.5. The van der Waals surface area contributed by atoms with Gasteiger partial charge < -0.3 is 4.42 Å². The van der Waals surface area contributed by atoms with Crippen molar-refractivity contribution < 1.29 is 4.42 Å². The van der Waals surface area contributed by atoms with Crippen LogP contribution in [0, 0.1) is 0 Å². The lowest BCUT2D eigenvalue weighted by molar-refractivity contribution is 0.574. The van der Waals surface area contributed by atoms with Gasteiger partial charge in [0.1, 0.15) is 5.52 Å². The van der Waals surface area contributed by atoms with Gasteiger partial charge in [0.05, 0.1) is 22.1 Å². The van der Waals surface area contributed by atoms with Gasteiger partial charge in [0, 0.05) is 32.7 Å². The summed E-state index contributed by atoms with van der Waals surface area (Å²) in [5.74, 6) is 1.74. The first-order valence-corrected chi connectivity index (χ1v) is 15.5. The fourth-order valence-electron chi connectivity index (χ4n) is 6.76. The first-order chi connectivity index (χ1) is 23.3. The van der Waals surface area contributed by atoms with Gasteiger partial charge in [-0.25, -0.2) is 4.98 Å². The number of para-hydroxylation sites is 4. The summed E-state index contributed by atoms with van der Waals surface area (Å²) < 4.78 is 10.8. The normalized spacial score (nSPS) is 11.8. The molecule has 0 fully saturated rings. The molecular formula is C40H24N6O. The molecule has 0 radical (unpaired) electrons. The number of hydrogen-bond donors (Lipinski definition) is 0. The van der Waals surface area contributed by atoms with E-state index in [1.54, 1.807) is 0 Å². The van der Waals surface area contributed by atoms with Crippen LogP contribution in [0.15, 0.2) is 150 Å². The van der Waals surface area contributed by atoms with Crippen LogP contribution in [-0.2, 0) is 0 Å². The Labute approximate surface area is 268 Å². The zero-order valence-corrected chi connectivity index (χ0v) is 24.9. The van der Waals surface area contributed by atoms with Crippen LogP contribution in [0.1, 0.15) is 0 Å². The maximum absolute atomic E-state index is 6.45. The molecule has 220 valence electrons. The quantitative estimate of drug-likeness (QED) is 0.200. The van der Waals surface area contributed by atoms with Crippen molar-refractivity contribution in [3.05, 3.63) is 146 Å². The van der Waals surface area contributed by atoms with E-state index in [4.69, 9.17) is 24.4 Å². The summed E-state index contributed by atoms with van der Waals surface area (Å²) in [6.45, 7) is 0. The minimum absolute atomic E-state index is 0.507. The molecule has 0 aliphatic carbocycles. The highest BCUT2D eigenvalue weighted by Crippen LogP contribution is 2.41. The number of aromatic nitrogens is 6. The summed E-state index contributed by atoms with van der Waals surface area (Å²) in [7, 11) is 0. The molecule has 0 saturated carbocycles. The highest BCUT2D eigenvalue weighted by Gasteiger charge is 2.24. The van der Waals surface area contributed by atoms with E-state index in [0.29, 0.717) is 23.6 Å². The highest BCUT2D eigenvalue weighted by molar-refractivity contribution is 6.23. The molecule has 6 aromatic carbocycles. The molecule has 47 heavy (non-hydrogen) atoms. The highest BCUT2D eigenvalue weighted by atomic mass is 16.4. The molecule has 10 rings (SSSR count). The van der Waals surface area contributed by atoms with Gasteiger partial charge in [-0.3, -0.25) is 9.13 Å². The second kappa shape index (κ2) is 9.95. The average molecular weight is 605 g/mol. The predicted octanol–water partition coefficient (Wildman–Crippen LogP) is 9.54. The Bertz CT molecular complexity index is 2700. The average Bonchev–Trinajstić information content (AvgIpc) is 3.82. The van der Waals surface area contributed by atoms with Gasteiger partial charge >= 0.3 is 6.01 Å². The maximum Gasteiger partial charge on any atom is 0.307 e. The van der Waals surface area contributed by atoms with Crippen molar-refractivity contribution in [3.8, 4) is 34.7 Å². The molecule has 0 bridgehead atoms. The summed E-state index contributed by atoms with van der Waals surface area (Å²) in [5, 5.41) is 4.37. The molecule has 0 amide bonds. The number of oxazole rings is 1. The van der Waals surface area contributed by atoms with Gasteiger partial charge in [0.25, 0.3) is 0 Å². The third-order valence-electron chi connectivity index (χ3n) is 8.83. The lowest BCUT2D eigenvalue weighted by atomic mass is 10.1. The number of hydrogen-bond acceptors (Lipinski definition) is 5. The Morgan fingerprint density at radius 3 is 1.53 bits per heavy atom. The van der Waals surface area contributed by atoms with E-state index in [2.05, 4.69) is 69.8 Å². The molecule has 0 spiro atoms. The van der Waals surface area contributed by atoms with Crippen molar-refractivity contribution >= 4 is 54.7 Å². The Balaban J connectivity index is 1.39. The van der Waals surface area contributed by atoms with Crippen LogP contribution in [0.5, 0.6) is 0 Å². The van der Waals surface area contributed by atoms with Gasteiger partial charge in [-0.1, -0.05) is 121 Å². The Morgan fingerprint density at radius 2 is 0.915 bits per heavy atom. The van der Waals surface area contributed by atoms with Crippen molar-refractivity contribution in [3.63, 3.8) is 0 Å². The zero-order valence-electron chi connectivity index (χ0n) is 24.9. The topological polar surface area (TPSA) is 74.6 Å². The standard InChI is InChI=1S/C40H24N6O/c1-3-13-25(14-4-1)37-42-38(26-15-5-2-6-16-26)44-39(43-37)45-32-20-10-7-17-27(32)29-23-24-30-28-18-8-11-21-33(28)46(36(30)35(29)45)40-41-31-19-9-12-22-34(31)47-40/h1-24H. The summed E-state index contributed by atoms with van der Waals surface area (Å²) in [5.41, 5.74) is 7.30. The summed E-state index contributed by atoms with van der Waals surface area (Å²) >= 11 is 0. The van der Waals surface area contributed by atoms with Gasteiger partial charge in [0.2, 0.25) is 5.95 Å². The van der Waals surface area contributed by atoms with Crippen LogP contribution >= 0.6 is 0 Å². The molecule has 0 aliphatic rings. The minimum Gasteiger partial charge on any atom is -0.423 e. The minimum atomic E-state index is 0.507. The van der Waals surface area contributed by atoms with Crippen molar-refractivity contribution in [2.45, 2.75) is 0 Å². The van der Waals surface area contributed by atoms with Crippen LogP contribution in [0.2, 0.25) is 0 Å². The lowest BCUT2D eigenvalue weighted by Crippen LogP contribution is -2.07. The van der Waals surface area contributed by atoms with E-state index in [0.717, 1.165) is 65.8 Å². The van der Waals surface area contributed by atoms with Crippen molar-refractivity contribution in [1.82, 2.24) is 29.1 Å². The second-order valence-corrected chi connectivity index (χ2v) is 11.5. The summed E-state index contributed by atoms with van der Waals surface area (Å²) in [6.07, 6.45) is 0. The first kappa shape index (κ1) is 25.7. The van der Waals surface area contributed by atoms with Crippen molar-refractivity contribution in [2.75, 3.05) is 0 Å². The molecule has 0 unspecified atom stereocenters. The third kappa shape index (κ3) is 3.87. The molecular weight excluding hydrogens is 580 g/mol. The summed E-state index contributed by atoms with van der Waals surface area (Å²) in [6, 6.07) is 49.7. The largest absolute Gasteiger partial charge is 0.423 e. The molecule has 7 nitrogen and oxygen atoms in total. The molecule has 4 aromatic heterocycles. The number of rotatable bonds is 4. The number of fused-ring (bicyclic) bond motifs is 8. The fraction of sp³-hybridized carbons (Fsp3) is 0. The van der Waals surface area contributed by atoms with Gasteiger partial charge in [-0.15, -0.1) is 0 Å². The predicted molar refractivity (Wildman–Crippen MR) is 187 cm³/mol. The van der Waals surface area contributed by atoms with Gasteiger partial charge in [-0.05, 0) is 24.3 Å². The van der Waals surface area contributed by atoms with E-state index in [9.17, 15) is 0 Å². The van der Waals surface area contributed by atoms with Gasteiger partial charge in [-0.2, -0.15) is 15.0 Å². The number of benzene rings is 6. The van der Waals surface area contributed by atoms with Gasteiger partial charge in [0.15, 0.2) is 17.2 Å². The molecule has 0 atom stereocenters. The summed E-state index contributed by atoms with van der Waals surface area (Å²) in [4.78, 5) is 20.3. The van der Waals surface area contributed by atoms with Crippen LogP contribution in [-0.4, -0.2) is 29.1 Å². The zero-order chi connectivity index (χ0) is 30.9. The molecule has 7 heteroatoms. The smallest absolute Gasteiger partial charge is 0.307 e. The maximum atomic E-state index is 6.45. The molecule has 0 N–H and O–H groups in total. The Morgan fingerprint density at radius 1 is 0.404 bits per heavy atom. The van der Waals surface area contributed by atoms with Crippen molar-refractivity contribution in [2.24, 2.45) is 0 Å². The van der Waals surface area contributed by atoms with Crippen LogP contribution in [0.4, 0.5) is 0 Å². The van der Waals surface area contributed by atoms with Crippen LogP contribution in [0.3, 0.4) is 0 Å². The van der Waals surface area contributed by atoms with Crippen LogP contribution < -0.4 is 0 Å². The second-order valence-electron chi connectivity index (χ2n) is 11.5. The molecule has 0 saturated heterocycles. The lowest BCUT2D eigenvalue weighted by Gasteiger charge is -2.12. The third-order valence-corrected chi connectivity index (χ3v) is 8.83. The van der Waals surface area contributed by atoms with E-state index in [-0.39, 0.29) is 0 Å². The SMILES string of the molecule is c1ccc(-c2nc(-c3ccccc3)nc(-n3c4ccccc4c4ccc5c6ccccc6n(-c6nc7ccccc7o6)c5c43)n2)cc1. The number of nitrogens with zero attached hydrogens (tertiary/aromatic N) is 6. The van der Waals surface area contributed by atoms with E-state index in [1.807, 2.05) is 84.9 Å². The Hall–Kier alpha value is -6.60.